The first-order valence-electron chi connectivity index (χ1n) is 7.83. The predicted molar refractivity (Wildman–Crippen MR) is 91.0 cm³/mol. The van der Waals surface area contributed by atoms with Gasteiger partial charge in [0.1, 0.15) is 5.75 Å². The highest BCUT2D eigenvalue weighted by Crippen LogP contribution is 2.18. The van der Waals surface area contributed by atoms with Crippen molar-refractivity contribution in [2.45, 2.75) is 26.8 Å². The number of furan rings is 1. The Kier molecular flexibility index (Phi) is 6.01. The second kappa shape index (κ2) is 8.19. The first kappa shape index (κ1) is 17.6. The summed E-state index contributed by atoms with van der Waals surface area (Å²) in [5.74, 6) is 0.555. The average molecular weight is 330 g/mol. The van der Waals surface area contributed by atoms with Crippen molar-refractivity contribution in [2.75, 3.05) is 11.9 Å². The molecule has 1 aromatic heterocycles. The fraction of sp³-hybridized carbons (Fsp3) is 0.333. The summed E-state index contributed by atoms with van der Waals surface area (Å²) in [5.41, 5.74) is 0.560. The van der Waals surface area contributed by atoms with Crippen molar-refractivity contribution in [2.24, 2.45) is 5.92 Å². The number of hydrogen-bond donors (Lipinski definition) is 2. The molecule has 0 spiro atoms. The van der Waals surface area contributed by atoms with Gasteiger partial charge in [0.25, 0.3) is 11.8 Å². The summed E-state index contributed by atoms with van der Waals surface area (Å²) in [7, 11) is 0. The van der Waals surface area contributed by atoms with Crippen molar-refractivity contribution < 1.29 is 18.7 Å². The minimum absolute atomic E-state index is 0.0767. The first-order chi connectivity index (χ1) is 11.5. The average Bonchev–Trinajstić information content (AvgIpc) is 3.08. The van der Waals surface area contributed by atoms with Crippen LogP contribution in [0.2, 0.25) is 0 Å². The number of rotatable bonds is 7. The molecule has 2 rings (SSSR count). The lowest BCUT2D eigenvalue weighted by Crippen LogP contribution is -2.38. The molecule has 6 heteroatoms. The van der Waals surface area contributed by atoms with Gasteiger partial charge in [0.05, 0.1) is 6.26 Å². The molecule has 6 nitrogen and oxygen atoms in total. The van der Waals surface area contributed by atoms with Crippen molar-refractivity contribution >= 4 is 17.5 Å². The second-order valence-electron chi connectivity index (χ2n) is 5.85. The molecule has 0 aliphatic rings. The van der Waals surface area contributed by atoms with Crippen LogP contribution >= 0.6 is 0 Å². The molecule has 1 atom stereocenters. The molecule has 2 N–H and O–H groups in total. The monoisotopic (exact) mass is 330 g/mol. The lowest BCUT2D eigenvalue weighted by molar-refractivity contribution is -0.124. The topological polar surface area (TPSA) is 80.6 Å². The van der Waals surface area contributed by atoms with Gasteiger partial charge < -0.3 is 19.8 Å². The number of nitrogens with one attached hydrogen (secondary N) is 2. The molecule has 2 amide bonds. The Labute approximate surface area is 141 Å². The number of ether oxygens (including phenoxy) is 1. The number of carbonyl (C=O) groups is 2. The van der Waals surface area contributed by atoms with Crippen LogP contribution in [0, 0.1) is 5.92 Å². The van der Waals surface area contributed by atoms with Crippen molar-refractivity contribution in [3.63, 3.8) is 0 Å². The maximum absolute atomic E-state index is 11.9. The highest BCUT2D eigenvalue weighted by Gasteiger charge is 2.12. The van der Waals surface area contributed by atoms with Gasteiger partial charge in [-0.05, 0) is 37.1 Å². The predicted octanol–water partition coefficient (Wildman–Crippen LogP) is 3.07. The van der Waals surface area contributed by atoms with E-state index < -0.39 is 0 Å². The molecule has 24 heavy (non-hydrogen) atoms. The molecule has 0 unspecified atom stereocenters. The molecule has 128 valence electrons. The number of carbonyl (C=O) groups excluding carboxylic acids is 2. The summed E-state index contributed by atoms with van der Waals surface area (Å²) < 4.78 is 10.5. The smallest absolute Gasteiger partial charge is 0.291 e. The highest BCUT2D eigenvalue weighted by atomic mass is 16.5. The Morgan fingerprint density at radius 2 is 1.96 bits per heavy atom. The lowest BCUT2D eigenvalue weighted by atomic mass is 10.1. The molecule has 0 saturated heterocycles. The Morgan fingerprint density at radius 1 is 1.17 bits per heavy atom. The van der Waals surface area contributed by atoms with Crippen LogP contribution < -0.4 is 15.4 Å². The maximum Gasteiger partial charge on any atom is 0.291 e. The van der Waals surface area contributed by atoms with Crippen LogP contribution in [-0.2, 0) is 4.79 Å². The Bertz CT molecular complexity index is 680. The van der Waals surface area contributed by atoms with E-state index in [9.17, 15) is 9.59 Å². The SMILES string of the molecule is CC(C)[C@H](C)NC(=O)COc1cccc(NC(=O)c2ccco2)c1. The minimum Gasteiger partial charge on any atom is -0.484 e. The van der Waals surface area contributed by atoms with Crippen LogP contribution in [0.15, 0.2) is 47.1 Å². The molecule has 0 fully saturated rings. The zero-order valence-electron chi connectivity index (χ0n) is 14.0. The molecule has 0 aliphatic heterocycles. The van der Waals surface area contributed by atoms with Crippen LogP contribution in [0.25, 0.3) is 0 Å². The van der Waals surface area contributed by atoms with E-state index in [1.165, 1.54) is 6.26 Å². The fourth-order valence-electron chi connectivity index (χ4n) is 1.88. The van der Waals surface area contributed by atoms with Gasteiger partial charge >= 0.3 is 0 Å². The standard InChI is InChI=1S/C18H22N2O4/c1-12(2)13(3)19-17(21)11-24-15-7-4-6-14(10-15)20-18(22)16-8-5-9-23-16/h4-10,12-13H,11H2,1-3H3,(H,19,21)(H,20,22)/t13-/m0/s1. The Morgan fingerprint density at radius 3 is 2.62 bits per heavy atom. The quantitative estimate of drug-likeness (QED) is 0.817. The van der Waals surface area contributed by atoms with Crippen molar-refractivity contribution in [1.82, 2.24) is 5.32 Å². The van der Waals surface area contributed by atoms with Crippen LogP contribution in [0.5, 0.6) is 5.75 Å². The molecule has 0 radical (unpaired) electrons. The van der Waals surface area contributed by atoms with E-state index in [1.807, 2.05) is 20.8 Å². The van der Waals surface area contributed by atoms with Crippen LogP contribution in [-0.4, -0.2) is 24.5 Å². The van der Waals surface area contributed by atoms with Crippen LogP contribution in [0.3, 0.4) is 0 Å². The normalized spacial score (nSPS) is 11.8. The molecular weight excluding hydrogens is 308 g/mol. The van der Waals surface area contributed by atoms with Gasteiger partial charge in [-0.3, -0.25) is 9.59 Å². The van der Waals surface area contributed by atoms with Crippen LogP contribution in [0.1, 0.15) is 31.3 Å². The van der Waals surface area contributed by atoms with Gasteiger partial charge in [0.2, 0.25) is 0 Å². The number of anilines is 1. The molecule has 0 aliphatic carbocycles. The van der Waals surface area contributed by atoms with E-state index in [4.69, 9.17) is 9.15 Å². The van der Waals surface area contributed by atoms with Gasteiger partial charge in [0.15, 0.2) is 12.4 Å². The largest absolute Gasteiger partial charge is 0.484 e. The first-order valence-corrected chi connectivity index (χ1v) is 7.83. The van der Waals surface area contributed by atoms with Gasteiger partial charge in [-0.1, -0.05) is 19.9 Å². The van der Waals surface area contributed by atoms with Crippen molar-refractivity contribution in [1.29, 1.82) is 0 Å². The van der Waals surface area contributed by atoms with Gasteiger partial charge in [-0.15, -0.1) is 0 Å². The van der Waals surface area contributed by atoms with Crippen LogP contribution in [0.4, 0.5) is 5.69 Å². The van der Waals surface area contributed by atoms with Gasteiger partial charge in [-0.25, -0.2) is 0 Å². The van der Waals surface area contributed by atoms with Gasteiger partial charge in [0, 0.05) is 17.8 Å². The van der Waals surface area contributed by atoms with E-state index in [1.54, 1.807) is 36.4 Å². The molecule has 2 aromatic rings. The molecule has 0 bridgehead atoms. The second-order valence-corrected chi connectivity index (χ2v) is 5.85. The zero-order valence-corrected chi connectivity index (χ0v) is 14.0. The summed E-state index contributed by atoms with van der Waals surface area (Å²) >= 11 is 0. The van der Waals surface area contributed by atoms with E-state index in [-0.39, 0.29) is 30.2 Å². The summed E-state index contributed by atoms with van der Waals surface area (Å²) in [6, 6.07) is 10.2. The van der Waals surface area contributed by atoms with Crippen molar-refractivity contribution in [3.8, 4) is 5.75 Å². The lowest BCUT2D eigenvalue weighted by Gasteiger charge is -2.17. The number of hydrogen-bond acceptors (Lipinski definition) is 4. The third-order valence-corrected chi connectivity index (χ3v) is 3.60. The number of benzene rings is 1. The fourth-order valence-corrected chi connectivity index (χ4v) is 1.88. The van der Waals surface area contributed by atoms with Crippen molar-refractivity contribution in [3.05, 3.63) is 48.4 Å². The minimum atomic E-state index is -0.347. The Hall–Kier alpha value is -2.76. The molecule has 0 saturated carbocycles. The highest BCUT2D eigenvalue weighted by molar-refractivity contribution is 6.02. The maximum atomic E-state index is 11.9. The number of amides is 2. The van der Waals surface area contributed by atoms with E-state index >= 15 is 0 Å². The summed E-state index contributed by atoms with van der Waals surface area (Å²) in [6.07, 6.45) is 1.44. The van der Waals surface area contributed by atoms with E-state index in [0.717, 1.165) is 0 Å². The van der Waals surface area contributed by atoms with E-state index in [2.05, 4.69) is 10.6 Å². The third-order valence-electron chi connectivity index (χ3n) is 3.60. The van der Waals surface area contributed by atoms with Gasteiger partial charge in [-0.2, -0.15) is 0 Å². The zero-order chi connectivity index (χ0) is 17.5. The Balaban J connectivity index is 1.88. The summed E-state index contributed by atoms with van der Waals surface area (Å²) in [4.78, 5) is 23.8. The third kappa shape index (κ3) is 5.15. The molecular formula is C18H22N2O4. The van der Waals surface area contributed by atoms with E-state index in [0.29, 0.717) is 17.4 Å². The summed E-state index contributed by atoms with van der Waals surface area (Å²) in [5, 5.41) is 5.58. The molecule has 1 aromatic carbocycles. The summed E-state index contributed by atoms with van der Waals surface area (Å²) in [6.45, 7) is 5.95. The molecule has 1 heterocycles.